The Kier molecular flexibility index (Phi) is 5.29. The summed E-state index contributed by atoms with van der Waals surface area (Å²) in [6.45, 7) is 2.81. The van der Waals surface area contributed by atoms with Gasteiger partial charge in [-0.15, -0.1) is 0 Å². The molecule has 0 fully saturated rings. The monoisotopic (exact) mass is 286 g/mol. The van der Waals surface area contributed by atoms with E-state index in [2.05, 4.69) is 10.3 Å². The van der Waals surface area contributed by atoms with Crippen molar-refractivity contribution in [1.29, 1.82) is 0 Å². The summed E-state index contributed by atoms with van der Waals surface area (Å²) < 4.78 is 10.7. The number of carbonyl (C=O) groups is 1. The van der Waals surface area contributed by atoms with E-state index in [0.29, 0.717) is 30.3 Å². The molecule has 2 rings (SSSR count). The minimum absolute atomic E-state index is 0.335. The van der Waals surface area contributed by atoms with Crippen LogP contribution < -0.4 is 10.1 Å². The fourth-order valence-corrected chi connectivity index (χ4v) is 1.83. The molecule has 110 valence electrons. The molecule has 2 aromatic rings. The van der Waals surface area contributed by atoms with Crippen LogP contribution in [0.1, 0.15) is 22.8 Å². The number of rotatable bonds is 6. The van der Waals surface area contributed by atoms with Gasteiger partial charge in [0.2, 0.25) is 5.88 Å². The maximum atomic E-state index is 11.6. The summed E-state index contributed by atoms with van der Waals surface area (Å²) in [7, 11) is 1.87. The second kappa shape index (κ2) is 7.40. The standard InChI is InChI=1S/C16H18N2O3/c1-3-20-16(19)12-6-8-14(9-7-12)21-15-13(11-17-2)5-4-10-18-15/h4-10,17H,3,11H2,1-2H3. The minimum atomic E-state index is -0.335. The summed E-state index contributed by atoms with van der Waals surface area (Å²) in [4.78, 5) is 15.8. The maximum Gasteiger partial charge on any atom is 0.338 e. The molecule has 1 N–H and O–H groups in total. The summed E-state index contributed by atoms with van der Waals surface area (Å²) in [6.07, 6.45) is 1.68. The zero-order valence-electron chi connectivity index (χ0n) is 12.1. The summed E-state index contributed by atoms with van der Waals surface area (Å²) in [6, 6.07) is 10.6. The molecule has 0 bridgehead atoms. The summed E-state index contributed by atoms with van der Waals surface area (Å²) in [5, 5.41) is 3.07. The van der Waals surface area contributed by atoms with Crippen molar-refractivity contribution >= 4 is 5.97 Å². The number of nitrogens with zero attached hydrogens (tertiary/aromatic N) is 1. The lowest BCUT2D eigenvalue weighted by Gasteiger charge is -2.09. The van der Waals surface area contributed by atoms with Gasteiger partial charge >= 0.3 is 5.97 Å². The highest BCUT2D eigenvalue weighted by molar-refractivity contribution is 5.89. The van der Waals surface area contributed by atoms with Crippen molar-refractivity contribution in [3.8, 4) is 11.6 Å². The lowest BCUT2D eigenvalue weighted by Crippen LogP contribution is -2.07. The van der Waals surface area contributed by atoms with Gasteiger partial charge in [-0.1, -0.05) is 6.07 Å². The number of carbonyl (C=O) groups excluding carboxylic acids is 1. The number of hydrogen-bond acceptors (Lipinski definition) is 5. The molecule has 1 heterocycles. The molecule has 0 unspecified atom stereocenters. The SMILES string of the molecule is CCOC(=O)c1ccc(Oc2ncccc2CNC)cc1. The van der Waals surface area contributed by atoms with E-state index in [4.69, 9.17) is 9.47 Å². The second-order valence-electron chi connectivity index (χ2n) is 4.34. The Hall–Kier alpha value is -2.40. The number of ether oxygens (including phenoxy) is 2. The van der Waals surface area contributed by atoms with Gasteiger partial charge in [-0.25, -0.2) is 9.78 Å². The van der Waals surface area contributed by atoms with Crippen LogP contribution in [0.15, 0.2) is 42.6 Å². The van der Waals surface area contributed by atoms with Gasteiger partial charge in [0.1, 0.15) is 5.75 Å². The summed E-state index contributed by atoms with van der Waals surface area (Å²) >= 11 is 0. The third-order valence-corrected chi connectivity index (χ3v) is 2.80. The average molecular weight is 286 g/mol. The third-order valence-electron chi connectivity index (χ3n) is 2.80. The molecule has 5 heteroatoms. The van der Waals surface area contributed by atoms with Crippen LogP contribution in [0, 0.1) is 0 Å². The van der Waals surface area contributed by atoms with Gasteiger partial charge in [-0.2, -0.15) is 0 Å². The lowest BCUT2D eigenvalue weighted by molar-refractivity contribution is 0.0526. The fourth-order valence-electron chi connectivity index (χ4n) is 1.83. The number of benzene rings is 1. The molecular formula is C16H18N2O3. The van der Waals surface area contributed by atoms with E-state index in [1.54, 1.807) is 37.4 Å². The molecule has 5 nitrogen and oxygen atoms in total. The Bertz CT molecular complexity index is 597. The zero-order chi connectivity index (χ0) is 15.1. The second-order valence-corrected chi connectivity index (χ2v) is 4.34. The first-order chi connectivity index (χ1) is 10.2. The first-order valence-corrected chi connectivity index (χ1v) is 6.78. The maximum absolute atomic E-state index is 11.6. The first kappa shape index (κ1) is 15.0. The molecule has 0 aliphatic carbocycles. The highest BCUT2D eigenvalue weighted by Gasteiger charge is 2.08. The molecule has 1 aromatic carbocycles. The molecule has 21 heavy (non-hydrogen) atoms. The third kappa shape index (κ3) is 4.03. The highest BCUT2D eigenvalue weighted by Crippen LogP contribution is 2.23. The lowest BCUT2D eigenvalue weighted by atomic mass is 10.2. The van der Waals surface area contributed by atoms with Crippen LogP contribution in [0.25, 0.3) is 0 Å². The Morgan fingerprint density at radius 1 is 1.24 bits per heavy atom. The topological polar surface area (TPSA) is 60.5 Å². The van der Waals surface area contributed by atoms with E-state index in [0.717, 1.165) is 5.56 Å². The predicted molar refractivity (Wildman–Crippen MR) is 79.5 cm³/mol. The fraction of sp³-hybridized carbons (Fsp3) is 0.250. The van der Waals surface area contributed by atoms with Crippen LogP contribution in [0.3, 0.4) is 0 Å². The highest BCUT2D eigenvalue weighted by atomic mass is 16.5. The average Bonchev–Trinajstić information content (AvgIpc) is 2.50. The van der Waals surface area contributed by atoms with Crippen LogP contribution >= 0.6 is 0 Å². The van der Waals surface area contributed by atoms with E-state index in [-0.39, 0.29) is 5.97 Å². The number of nitrogens with one attached hydrogen (secondary N) is 1. The van der Waals surface area contributed by atoms with Crippen LogP contribution in [-0.4, -0.2) is 24.6 Å². The summed E-state index contributed by atoms with van der Waals surface area (Å²) in [5.41, 5.74) is 1.47. The number of aromatic nitrogens is 1. The van der Waals surface area contributed by atoms with Crippen molar-refractivity contribution in [2.45, 2.75) is 13.5 Å². The van der Waals surface area contributed by atoms with Crippen LogP contribution in [0.4, 0.5) is 0 Å². The van der Waals surface area contributed by atoms with Gasteiger partial charge < -0.3 is 14.8 Å². The molecule has 0 spiro atoms. The van der Waals surface area contributed by atoms with E-state index in [1.165, 1.54) is 0 Å². The molecule has 0 saturated carbocycles. The molecule has 0 aliphatic rings. The van der Waals surface area contributed by atoms with Crippen molar-refractivity contribution in [2.24, 2.45) is 0 Å². The van der Waals surface area contributed by atoms with Crippen molar-refractivity contribution in [3.63, 3.8) is 0 Å². The van der Waals surface area contributed by atoms with Crippen LogP contribution in [0.5, 0.6) is 11.6 Å². The molecule has 1 aromatic heterocycles. The van der Waals surface area contributed by atoms with E-state index in [9.17, 15) is 4.79 Å². The van der Waals surface area contributed by atoms with E-state index < -0.39 is 0 Å². The zero-order valence-corrected chi connectivity index (χ0v) is 12.1. The van der Waals surface area contributed by atoms with Crippen molar-refractivity contribution in [1.82, 2.24) is 10.3 Å². The predicted octanol–water partition coefficient (Wildman–Crippen LogP) is 2.77. The Labute approximate surface area is 123 Å². The minimum Gasteiger partial charge on any atom is -0.462 e. The first-order valence-electron chi connectivity index (χ1n) is 6.78. The van der Waals surface area contributed by atoms with Gasteiger partial charge in [-0.05, 0) is 44.3 Å². The molecule has 0 saturated heterocycles. The smallest absolute Gasteiger partial charge is 0.338 e. The Morgan fingerprint density at radius 2 is 2.00 bits per heavy atom. The quantitative estimate of drug-likeness (QED) is 0.827. The Morgan fingerprint density at radius 3 is 2.67 bits per heavy atom. The largest absolute Gasteiger partial charge is 0.462 e. The number of esters is 1. The molecule has 0 aliphatic heterocycles. The van der Waals surface area contributed by atoms with Gasteiger partial charge in [0.25, 0.3) is 0 Å². The van der Waals surface area contributed by atoms with Gasteiger partial charge in [0.05, 0.1) is 12.2 Å². The van der Waals surface area contributed by atoms with Gasteiger partial charge in [0, 0.05) is 18.3 Å². The van der Waals surface area contributed by atoms with Crippen LogP contribution in [-0.2, 0) is 11.3 Å². The molecular weight excluding hydrogens is 268 g/mol. The van der Waals surface area contributed by atoms with Gasteiger partial charge in [-0.3, -0.25) is 0 Å². The van der Waals surface area contributed by atoms with E-state index in [1.807, 2.05) is 19.2 Å². The number of hydrogen-bond donors (Lipinski definition) is 1. The van der Waals surface area contributed by atoms with Crippen molar-refractivity contribution in [2.75, 3.05) is 13.7 Å². The van der Waals surface area contributed by atoms with Gasteiger partial charge in [0.15, 0.2) is 0 Å². The van der Waals surface area contributed by atoms with Crippen molar-refractivity contribution < 1.29 is 14.3 Å². The van der Waals surface area contributed by atoms with Crippen molar-refractivity contribution in [3.05, 3.63) is 53.7 Å². The summed E-state index contributed by atoms with van der Waals surface area (Å²) in [5.74, 6) is 0.840. The van der Waals surface area contributed by atoms with E-state index >= 15 is 0 Å². The number of pyridine rings is 1. The Balaban J connectivity index is 2.12. The molecule has 0 atom stereocenters. The molecule has 0 radical (unpaired) electrons. The normalized spacial score (nSPS) is 10.2. The van der Waals surface area contributed by atoms with Crippen LogP contribution in [0.2, 0.25) is 0 Å². The molecule has 0 amide bonds.